The third-order valence-corrected chi connectivity index (χ3v) is 6.66. The summed E-state index contributed by atoms with van der Waals surface area (Å²) >= 11 is 0. The van der Waals surface area contributed by atoms with Crippen LogP contribution >= 0.6 is 8.53 Å². The van der Waals surface area contributed by atoms with E-state index in [-0.39, 0.29) is 18.7 Å². The summed E-state index contributed by atoms with van der Waals surface area (Å²) in [6.45, 7) is 9.66. The molecule has 146 valence electrons. The zero-order valence-corrected chi connectivity index (χ0v) is 16.4. The number of alkyl halides is 1. The Hall–Kier alpha value is -1.12. The van der Waals surface area contributed by atoms with E-state index in [0.29, 0.717) is 0 Å². The molecule has 0 amide bonds. The van der Waals surface area contributed by atoms with Crippen LogP contribution in [0.4, 0.5) is 4.39 Å². The van der Waals surface area contributed by atoms with Gasteiger partial charge >= 0.3 is 5.69 Å². The Balaban J connectivity index is 1.87. The Morgan fingerprint density at radius 1 is 1.35 bits per heavy atom. The van der Waals surface area contributed by atoms with Gasteiger partial charge < -0.3 is 13.8 Å². The summed E-state index contributed by atoms with van der Waals surface area (Å²) in [7, 11) is -1.44. The molecule has 5 atom stereocenters. The summed E-state index contributed by atoms with van der Waals surface area (Å²) in [5.41, 5.74) is -3.23. The van der Waals surface area contributed by atoms with Gasteiger partial charge in [0.05, 0.1) is 6.61 Å². The van der Waals surface area contributed by atoms with Crippen molar-refractivity contribution in [1.29, 1.82) is 0 Å². The van der Waals surface area contributed by atoms with Gasteiger partial charge in [-0.25, -0.2) is 13.9 Å². The fourth-order valence-electron chi connectivity index (χ4n) is 3.48. The van der Waals surface area contributed by atoms with E-state index in [9.17, 15) is 9.59 Å². The molecular weight excluding hydrogens is 364 g/mol. The minimum Gasteiger partial charge on any atom is -0.346 e. The highest BCUT2D eigenvalue weighted by atomic mass is 31.2. The van der Waals surface area contributed by atoms with Crippen LogP contribution in [0.2, 0.25) is 0 Å². The zero-order valence-electron chi connectivity index (χ0n) is 15.5. The first-order chi connectivity index (χ1) is 12.1. The molecule has 1 aromatic rings. The minimum absolute atomic E-state index is 0.170. The Bertz CT molecular complexity index is 757. The second-order valence-electron chi connectivity index (χ2n) is 7.32. The van der Waals surface area contributed by atoms with E-state index >= 15 is 4.39 Å². The van der Waals surface area contributed by atoms with Crippen LogP contribution in [0.15, 0.2) is 21.9 Å². The number of hydrogen-bond acceptors (Lipinski definition) is 6. The van der Waals surface area contributed by atoms with Crippen molar-refractivity contribution in [3.05, 3.63) is 33.1 Å². The molecule has 2 saturated heterocycles. The Kier molecular flexibility index (Phi) is 5.38. The average molecular weight is 389 g/mol. The Morgan fingerprint density at radius 2 is 2.00 bits per heavy atom. The first-order valence-electron chi connectivity index (χ1n) is 8.66. The molecular formula is C16H25FN3O5P. The SMILES string of the molecule is CC(C)N(C(C)C)P1OC[C@H]2O[C@@H](n3ccc(=O)[nH]c3=O)[C@@](C)(F)[C@@H]2O1. The van der Waals surface area contributed by atoms with Crippen LogP contribution in [0.25, 0.3) is 0 Å². The molecule has 8 nitrogen and oxygen atoms in total. The van der Waals surface area contributed by atoms with Gasteiger partial charge in [-0.3, -0.25) is 14.3 Å². The molecule has 3 heterocycles. The van der Waals surface area contributed by atoms with Crippen molar-refractivity contribution < 1.29 is 18.2 Å². The number of aromatic nitrogens is 2. The van der Waals surface area contributed by atoms with Crippen LogP contribution in [0.3, 0.4) is 0 Å². The number of aromatic amines is 1. The molecule has 0 spiro atoms. The summed E-state index contributed by atoms with van der Waals surface area (Å²) in [6.07, 6.45) is -1.47. The second-order valence-corrected chi connectivity index (χ2v) is 8.73. The summed E-state index contributed by atoms with van der Waals surface area (Å²) < 4.78 is 36.4. The van der Waals surface area contributed by atoms with Crippen molar-refractivity contribution in [2.24, 2.45) is 0 Å². The lowest BCUT2D eigenvalue weighted by Gasteiger charge is -2.41. The van der Waals surface area contributed by atoms with Crippen LogP contribution in [-0.4, -0.2) is 50.8 Å². The number of nitrogens with one attached hydrogen (secondary N) is 1. The van der Waals surface area contributed by atoms with Gasteiger partial charge in [-0.15, -0.1) is 0 Å². The third-order valence-electron chi connectivity index (χ3n) is 4.58. The van der Waals surface area contributed by atoms with Crippen molar-refractivity contribution in [3.63, 3.8) is 0 Å². The second kappa shape index (κ2) is 7.13. The highest BCUT2D eigenvalue weighted by molar-refractivity contribution is 7.44. The van der Waals surface area contributed by atoms with Crippen LogP contribution in [0, 0.1) is 0 Å². The van der Waals surface area contributed by atoms with E-state index in [1.54, 1.807) is 0 Å². The summed E-state index contributed by atoms with van der Waals surface area (Å²) in [5, 5.41) is 0. The summed E-state index contributed by atoms with van der Waals surface area (Å²) in [5.74, 6) is 0. The van der Waals surface area contributed by atoms with Crippen LogP contribution in [0.1, 0.15) is 40.8 Å². The molecule has 2 aliphatic heterocycles. The van der Waals surface area contributed by atoms with E-state index in [1.165, 1.54) is 13.1 Å². The zero-order chi connectivity index (χ0) is 19.2. The maximum absolute atomic E-state index is 15.7. The van der Waals surface area contributed by atoms with Gasteiger partial charge in [0.15, 0.2) is 11.9 Å². The smallest absolute Gasteiger partial charge is 0.330 e. The van der Waals surface area contributed by atoms with Crippen molar-refractivity contribution in [3.8, 4) is 0 Å². The molecule has 2 aliphatic rings. The number of hydrogen-bond donors (Lipinski definition) is 1. The summed E-state index contributed by atoms with van der Waals surface area (Å²) in [6, 6.07) is 1.50. The highest BCUT2D eigenvalue weighted by Crippen LogP contribution is 2.56. The summed E-state index contributed by atoms with van der Waals surface area (Å²) in [4.78, 5) is 25.4. The third kappa shape index (κ3) is 3.39. The minimum atomic E-state index is -1.96. The topological polar surface area (TPSA) is 85.8 Å². The number of nitrogens with zero attached hydrogens (tertiary/aromatic N) is 2. The number of rotatable bonds is 4. The fourth-order valence-corrected chi connectivity index (χ4v) is 5.35. The van der Waals surface area contributed by atoms with E-state index in [4.69, 9.17) is 13.8 Å². The largest absolute Gasteiger partial charge is 0.346 e. The molecule has 0 aromatic carbocycles. The lowest BCUT2D eigenvalue weighted by Crippen LogP contribution is -2.48. The van der Waals surface area contributed by atoms with Crippen LogP contribution < -0.4 is 11.2 Å². The quantitative estimate of drug-likeness (QED) is 0.792. The molecule has 1 N–H and O–H groups in total. The monoisotopic (exact) mass is 389 g/mol. The predicted molar refractivity (Wildman–Crippen MR) is 94.6 cm³/mol. The van der Waals surface area contributed by atoms with Crippen LogP contribution in [0.5, 0.6) is 0 Å². The molecule has 26 heavy (non-hydrogen) atoms. The van der Waals surface area contributed by atoms with Crippen molar-refractivity contribution in [1.82, 2.24) is 14.2 Å². The maximum atomic E-state index is 15.7. The molecule has 1 aromatic heterocycles. The molecule has 2 fully saturated rings. The lowest BCUT2D eigenvalue weighted by molar-refractivity contribution is -0.0633. The van der Waals surface area contributed by atoms with E-state index in [0.717, 1.165) is 10.6 Å². The number of fused-ring (bicyclic) bond motifs is 1. The van der Waals surface area contributed by atoms with E-state index < -0.39 is 43.9 Å². The normalized spacial score (nSPS) is 34.7. The average Bonchev–Trinajstić information content (AvgIpc) is 2.78. The van der Waals surface area contributed by atoms with Crippen molar-refractivity contribution in [2.45, 2.75) is 70.8 Å². The Labute approximate surface area is 152 Å². The fraction of sp³-hybridized carbons (Fsp3) is 0.750. The number of halogens is 1. The molecule has 0 radical (unpaired) electrons. The van der Waals surface area contributed by atoms with Gasteiger partial charge in [-0.2, -0.15) is 0 Å². The van der Waals surface area contributed by atoms with E-state index in [1.807, 2.05) is 27.7 Å². The predicted octanol–water partition coefficient (Wildman–Crippen LogP) is 1.92. The van der Waals surface area contributed by atoms with Gasteiger partial charge in [-0.1, -0.05) is 0 Å². The standard InChI is InChI=1S/C16H25FN3O5P/c1-9(2)20(10(3)4)26-23-8-11-13(25-26)16(5,17)14(24-11)19-7-6-12(21)18-15(19)22/h6-7,9-11,13-14H,8H2,1-5H3,(H,18,21,22)/t11-,13-,14-,16+,26?/m1/s1. The van der Waals surface area contributed by atoms with Crippen molar-refractivity contribution >= 4 is 8.53 Å². The van der Waals surface area contributed by atoms with E-state index in [2.05, 4.69) is 9.65 Å². The number of ether oxygens (including phenoxy) is 1. The van der Waals surface area contributed by atoms with Crippen LogP contribution in [-0.2, 0) is 13.8 Å². The highest BCUT2D eigenvalue weighted by Gasteiger charge is 2.60. The molecule has 10 heteroatoms. The molecule has 0 bridgehead atoms. The first kappa shape index (κ1) is 19.6. The van der Waals surface area contributed by atoms with Gasteiger partial charge in [0.1, 0.15) is 12.2 Å². The molecule has 3 rings (SSSR count). The molecule has 0 saturated carbocycles. The van der Waals surface area contributed by atoms with Gasteiger partial charge in [0.2, 0.25) is 0 Å². The maximum Gasteiger partial charge on any atom is 0.330 e. The van der Waals surface area contributed by atoms with Gasteiger partial charge in [0.25, 0.3) is 14.1 Å². The van der Waals surface area contributed by atoms with Gasteiger partial charge in [0, 0.05) is 24.3 Å². The van der Waals surface area contributed by atoms with Crippen molar-refractivity contribution in [2.75, 3.05) is 6.61 Å². The Morgan fingerprint density at radius 3 is 2.58 bits per heavy atom. The first-order valence-corrected chi connectivity index (χ1v) is 9.80. The number of H-pyrrole nitrogens is 1. The van der Waals surface area contributed by atoms with Gasteiger partial charge in [-0.05, 0) is 34.6 Å². The lowest BCUT2D eigenvalue weighted by atomic mass is 9.98. The molecule has 0 aliphatic carbocycles. The molecule has 1 unspecified atom stereocenters.